The highest BCUT2D eigenvalue weighted by molar-refractivity contribution is 7.92. The van der Waals surface area contributed by atoms with Gasteiger partial charge in [0.2, 0.25) is 21.8 Å². The molecule has 0 bridgehead atoms. The molecular weight excluding hydrogens is 534 g/mol. The molecule has 0 saturated heterocycles. The number of aryl methyl sites for hydroxylation is 1. The number of carbonyl (C=O) groups excluding carboxylic acids is 2. The fraction of sp³-hybridized carbons (Fsp3) is 0.394. The fourth-order valence-electron chi connectivity index (χ4n) is 4.59. The van der Waals surface area contributed by atoms with Gasteiger partial charge in [0.15, 0.2) is 0 Å². The van der Waals surface area contributed by atoms with Gasteiger partial charge in [-0.15, -0.1) is 0 Å². The molecule has 0 heterocycles. The number of nitrogens with one attached hydrogen (secondary N) is 1. The first-order valence-corrected chi connectivity index (χ1v) is 15.9. The fourth-order valence-corrected chi connectivity index (χ4v) is 5.44. The van der Waals surface area contributed by atoms with Crippen molar-refractivity contribution in [2.75, 3.05) is 23.7 Å². The van der Waals surface area contributed by atoms with Crippen LogP contribution in [0.2, 0.25) is 0 Å². The van der Waals surface area contributed by atoms with Crippen LogP contribution in [0, 0.1) is 12.8 Å². The molecule has 0 radical (unpaired) electrons. The van der Waals surface area contributed by atoms with Crippen LogP contribution in [0.1, 0.15) is 55.9 Å². The minimum atomic E-state index is -3.80. The van der Waals surface area contributed by atoms with Crippen LogP contribution < -0.4 is 9.62 Å². The maximum Gasteiger partial charge on any atom is 0.244 e. The Morgan fingerprint density at radius 2 is 1.46 bits per heavy atom. The van der Waals surface area contributed by atoms with Crippen molar-refractivity contribution in [3.8, 4) is 0 Å². The van der Waals surface area contributed by atoms with Gasteiger partial charge in [-0.3, -0.25) is 13.9 Å². The highest BCUT2D eigenvalue weighted by Gasteiger charge is 2.33. The van der Waals surface area contributed by atoms with Crippen molar-refractivity contribution in [3.63, 3.8) is 0 Å². The highest BCUT2D eigenvalue weighted by Crippen LogP contribution is 2.24. The van der Waals surface area contributed by atoms with Crippen LogP contribution in [0.25, 0.3) is 0 Å². The van der Waals surface area contributed by atoms with Gasteiger partial charge in [-0.2, -0.15) is 0 Å². The number of sulfonamides is 1. The van der Waals surface area contributed by atoms with Crippen LogP contribution >= 0.6 is 0 Å². The average molecular weight is 578 g/mol. The number of anilines is 1. The quantitative estimate of drug-likeness (QED) is 0.299. The predicted octanol–water partition coefficient (Wildman–Crippen LogP) is 5.30. The Labute approximate surface area is 245 Å². The summed E-state index contributed by atoms with van der Waals surface area (Å²) in [7, 11) is -3.80. The average Bonchev–Trinajstić information content (AvgIpc) is 2.93. The molecule has 0 unspecified atom stereocenters. The summed E-state index contributed by atoms with van der Waals surface area (Å²) >= 11 is 0. The van der Waals surface area contributed by atoms with Gasteiger partial charge in [0.25, 0.3) is 0 Å². The Balaban J connectivity index is 2.05. The van der Waals surface area contributed by atoms with Crippen molar-refractivity contribution in [2.24, 2.45) is 5.92 Å². The van der Waals surface area contributed by atoms with E-state index in [1.165, 1.54) is 4.90 Å². The Hall–Kier alpha value is -3.65. The summed E-state index contributed by atoms with van der Waals surface area (Å²) in [5.74, 6) is -0.208. The molecule has 41 heavy (non-hydrogen) atoms. The molecule has 3 aromatic rings. The Bertz CT molecular complexity index is 1400. The van der Waals surface area contributed by atoms with Crippen molar-refractivity contribution in [3.05, 3.63) is 101 Å². The van der Waals surface area contributed by atoms with Crippen LogP contribution in [0.5, 0.6) is 0 Å². The third-order valence-electron chi connectivity index (χ3n) is 7.08. The number of nitrogens with zero attached hydrogens (tertiary/aromatic N) is 2. The largest absolute Gasteiger partial charge is 0.354 e. The standard InChI is InChI=1S/C33H43N3O4S/c1-24(2)21-34-33(38)31(20-27-13-8-7-9-14-27)35(22-29-15-11-10-12-26(29)5)32(37)23-36(41(6,39)40)30-18-16-28(17-19-30)25(3)4/h7-19,24-25,31H,20-23H2,1-6H3,(H,34,38)/t31-/m1/s1. The first-order valence-electron chi connectivity index (χ1n) is 14.1. The summed E-state index contributed by atoms with van der Waals surface area (Å²) in [6.07, 6.45) is 1.39. The van der Waals surface area contributed by atoms with E-state index in [-0.39, 0.29) is 24.3 Å². The normalized spacial score (nSPS) is 12.3. The lowest BCUT2D eigenvalue weighted by molar-refractivity contribution is -0.140. The highest BCUT2D eigenvalue weighted by atomic mass is 32.2. The van der Waals surface area contributed by atoms with Crippen LogP contribution in [0.3, 0.4) is 0 Å². The third kappa shape index (κ3) is 9.18. The molecule has 2 amide bonds. The van der Waals surface area contributed by atoms with Gasteiger partial charge < -0.3 is 10.2 Å². The second-order valence-electron chi connectivity index (χ2n) is 11.3. The van der Waals surface area contributed by atoms with Gasteiger partial charge in [0.1, 0.15) is 12.6 Å². The first kappa shape index (κ1) is 31.9. The summed E-state index contributed by atoms with van der Waals surface area (Å²) in [6, 6.07) is 23.7. The molecule has 3 rings (SSSR count). The first-order chi connectivity index (χ1) is 19.4. The predicted molar refractivity (Wildman–Crippen MR) is 166 cm³/mol. The summed E-state index contributed by atoms with van der Waals surface area (Å²) < 4.78 is 27.1. The number of carbonyl (C=O) groups is 2. The van der Waals surface area contributed by atoms with E-state index in [0.717, 1.165) is 32.8 Å². The molecule has 220 valence electrons. The van der Waals surface area contributed by atoms with Crippen molar-refractivity contribution >= 4 is 27.5 Å². The zero-order valence-corrected chi connectivity index (χ0v) is 25.8. The van der Waals surface area contributed by atoms with Crippen molar-refractivity contribution in [1.82, 2.24) is 10.2 Å². The van der Waals surface area contributed by atoms with Crippen LogP contribution in [0.4, 0.5) is 5.69 Å². The number of amides is 2. The van der Waals surface area contributed by atoms with Gasteiger partial charge in [0.05, 0.1) is 11.9 Å². The minimum absolute atomic E-state index is 0.169. The van der Waals surface area contributed by atoms with E-state index in [4.69, 9.17) is 0 Å². The maximum absolute atomic E-state index is 14.2. The summed E-state index contributed by atoms with van der Waals surface area (Å²) in [5.41, 5.74) is 4.26. The van der Waals surface area contributed by atoms with E-state index in [1.807, 2.05) is 87.5 Å². The lowest BCUT2D eigenvalue weighted by Crippen LogP contribution is -2.53. The molecule has 8 heteroatoms. The number of hydrogen-bond acceptors (Lipinski definition) is 4. The number of rotatable bonds is 13. The monoisotopic (exact) mass is 577 g/mol. The maximum atomic E-state index is 14.2. The second kappa shape index (κ2) is 14.3. The van der Waals surface area contributed by atoms with Crippen molar-refractivity contribution in [1.29, 1.82) is 0 Å². The molecule has 0 aliphatic carbocycles. The lowest BCUT2D eigenvalue weighted by Gasteiger charge is -2.34. The molecule has 0 aliphatic rings. The van der Waals surface area contributed by atoms with E-state index < -0.39 is 28.5 Å². The second-order valence-corrected chi connectivity index (χ2v) is 13.2. The molecule has 0 saturated carbocycles. The van der Waals surface area contributed by atoms with E-state index in [0.29, 0.717) is 18.7 Å². The van der Waals surface area contributed by atoms with E-state index in [2.05, 4.69) is 19.2 Å². The zero-order chi connectivity index (χ0) is 30.2. The van der Waals surface area contributed by atoms with Gasteiger partial charge in [-0.05, 0) is 53.1 Å². The smallest absolute Gasteiger partial charge is 0.244 e. The molecule has 0 fully saturated rings. The Kier molecular flexibility index (Phi) is 11.1. The van der Waals surface area contributed by atoms with Gasteiger partial charge in [-0.25, -0.2) is 8.42 Å². The topological polar surface area (TPSA) is 86.8 Å². The lowest BCUT2D eigenvalue weighted by atomic mass is 10.0. The van der Waals surface area contributed by atoms with Crippen LogP contribution in [-0.2, 0) is 32.6 Å². The molecule has 3 aromatic carbocycles. The Morgan fingerprint density at radius 1 is 0.854 bits per heavy atom. The zero-order valence-electron chi connectivity index (χ0n) is 25.0. The van der Waals surface area contributed by atoms with Gasteiger partial charge >= 0.3 is 0 Å². The SMILES string of the molecule is Cc1ccccc1CN(C(=O)CN(c1ccc(C(C)C)cc1)S(C)(=O)=O)[C@H](Cc1ccccc1)C(=O)NCC(C)C. The summed E-state index contributed by atoms with van der Waals surface area (Å²) in [6.45, 7) is 10.3. The van der Waals surface area contributed by atoms with Crippen LogP contribution in [0.15, 0.2) is 78.9 Å². The molecule has 1 atom stereocenters. The minimum Gasteiger partial charge on any atom is -0.354 e. The molecule has 0 spiro atoms. The van der Waals surface area contributed by atoms with E-state index >= 15 is 0 Å². The molecule has 1 N–H and O–H groups in total. The molecule has 0 aromatic heterocycles. The molecular formula is C33H43N3O4S. The van der Waals surface area contributed by atoms with Gasteiger partial charge in [-0.1, -0.05) is 94.4 Å². The van der Waals surface area contributed by atoms with Crippen LogP contribution in [-0.4, -0.2) is 50.5 Å². The summed E-state index contributed by atoms with van der Waals surface area (Å²) in [5, 5.41) is 3.01. The number of benzene rings is 3. The van der Waals surface area contributed by atoms with E-state index in [9.17, 15) is 18.0 Å². The number of hydrogen-bond donors (Lipinski definition) is 1. The van der Waals surface area contributed by atoms with Gasteiger partial charge in [0, 0.05) is 19.5 Å². The Morgan fingerprint density at radius 3 is 2.02 bits per heavy atom. The molecule has 7 nitrogen and oxygen atoms in total. The molecule has 0 aliphatic heterocycles. The van der Waals surface area contributed by atoms with E-state index in [1.54, 1.807) is 12.1 Å². The van der Waals surface area contributed by atoms with Crippen molar-refractivity contribution in [2.45, 2.75) is 59.5 Å². The third-order valence-corrected chi connectivity index (χ3v) is 8.23. The summed E-state index contributed by atoms with van der Waals surface area (Å²) in [4.78, 5) is 29.4. The van der Waals surface area contributed by atoms with Crippen molar-refractivity contribution < 1.29 is 18.0 Å².